The van der Waals surface area contributed by atoms with E-state index in [1.165, 1.54) is 29.7 Å². The van der Waals surface area contributed by atoms with Crippen LogP contribution in [0.25, 0.3) is 0 Å². The lowest BCUT2D eigenvalue weighted by atomic mass is 10.1. The summed E-state index contributed by atoms with van der Waals surface area (Å²) in [5.41, 5.74) is 2.46. The topological polar surface area (TPSA) is 45.6 Å². The summed E-state index contributed by atoms with van der Waals surface area (Å²) in [7, 11) is 1.82. The predicted molar refractivity (Wildman–Crippen MR) is 111 cm³/mol. The van der Waals surface area contributed by atoms with Crippen molar-refractivity contribution in [2.45, 2.75) is 38.2 Å². The molecule has 130 valence electrons. The number of hydrogen-bond donors (Lipinski definition) is 2. The molecule has 1 saturated heterocycles. The predicted octanol–water partition coefficient (Wildman–Crippen LogP) is 3.40. The monoisotopic (exact) mass is 449 g/mol. The molecule has 4 nitrogen and oxygen atoms in total. The summed E-state index contributed by atoms with van der Waals surface area (Å²) in [5.74, 6) is 2.18. The van der Waals surface area contributed by atoms with E-state index in [1.807, 2.05) is 14.0 Å². The highest BCUT2D eigenvalue weighted by molar-refractivity contribution is 14.0. The van der Waals surface area contributed by atoms with Gasteiger partial charge in [-0.2, -0.15) is 11.8 Å². The fourth-order valence-corrected chi connectivity index (χ4v) is 3.60. The van der Waals surface area contributed by atoms with E-state index in [-0.39, 0.29) is 24.0 Å². The first-order chi connectivity index (χ1) is 10.8. The molecule has 1 unspecified atom stereocenters. The van der Waals surface area contributed by atoms with Crippen molar-refractivity contribution in [1.29, 1.82) is 0 Å². The molecule has 0 aromatic heterocycles. The van der Waals surface area contributed by atoms with Crippen LogP contribution in [0.15, 0.2) is 29.3 Å². The Bertz CT molecular complexity index is 461. The number of ether oxygens (including phenoxy) is 1. The van der Waals surface area contributed by atoms with Crippen molar-refractivity contribution in [3.63, 3.8) is 0 Å². The molecule has 1 aromatic carbocycles. The van der Waals surface area contributed by atoms with E-state index in [2.05, 4.69) is 51.7 Å². The first-order valence-electron chi connectivity index (χ1n) is 8.03. The van der Waals surface area contributed by atoms with Gasteiger partial charge < -0.3 is 15.4 Å². The molecule has 2 N–H and O–H groups in total. The summed E-state index contributed by atoms with van der Waals surface area (Å²) in [6.07, 6.45) is 2.66. The summed E-state index contributed by atoms with van der Waals surface area (Å²) < 4.78 is 5.41. The van der Waals surface area contributed by atoms with Crippen molar-refractivity contribution in [2.75, 3.05) is 26.0 Å². The zero-order valence-electron chi connectivity index (χ0n) is 14.0. The molecule has 0 bridgehead atoms. The smallest absolute Gasteiger partial charge is 0.191 e. The number of thioether (sulfide) groups is 1. The normalized spacial score (nSPS) is 17.7. The van der Waals surface area contributed by atoms with Crippen LogP contribution in [0.4, 0.5) is 0 Å². The molecule has 23 heavy (non-hydrogen) atoms. The number of benzene rings is 1. The standard InChI is InChI=1S/C17H27N3OS.HI/c1-3-21-13-15-8-6-14(7-9-15)11-19-17(18-2)20-12-16-5-4-10-22-16;/h6-9,16H,3-5,10-13H2,1-2H3,(H2,18,19,20);1H. The van der Waals surface area contributed by atoms with Gasteiger partial charge >= 0.3 is 0 Å². The SMILES string of the molecule is CCOCc1ccc(CNC(=NC)NCC2CCCS2)cc1.I. The van der Waals surface area contributed by atoms with Crippen LogP contribution in [-0.4, -0.2) is 37.2 Å². The molecule has 0 radical (unpaired) electrons. The third kappa shape index (κ3) is 7.76. The lowest BCUT2D eigenvalue weighted by Crippen LogP contribution is -2.39. The maximum atomic E-state index is 5.41. The van der Waals surface area contributed by atoms with Crippen LogP contribution < -0.4 is 10.6 Å². The van der Waals surface area contributed by atoms with Gasteiger partial charge in [-0.15, -0.1) is 24.0 Å². The molecule has 0 aliphatic carbocycles. The third-order valence-electron chi connectivity index (χ3n) is 3.70. The molecule has 1 aliphatic rings. The van der Waals surface area contributed by atoms with Crippen molar-refractivity contribution in [2.24, 2.45) is 4.99 Å². The first-order valence-corrected chi connectivity index (χ1v) is 9.08. The van der Waals surface area contributed by atoms with Crippen molar-refractivity contribution >= 4 is 41.7 Å². The Morgan fingerprint density at radius 1 is 1.26 bits per heavy atom. The van der Waals surface area contributed by atoms with Crippen LogP contribution in [0.3, 0.4) is 0 Å². The van der Waals surface area contributed by atoms with E-state index in [4.69, 9.17) is 4.74 Å². The fraction of sp³-hybridized carbons (Fsp3) is 0.588. The average molecular weight is 449 g/mol. The van der Waals surface area contributed by atoms with Crippen LogP contribution >= 0.6 is 35.7 Å². The second-order valence-corrected chi connectivity index (χ2v) is 6.80. The van der Waals surface area contributed by atoms with Gasteiger partial charge in [0.25, 0.3) is 0 Å². The molecule has 0 amide bonds. The number of rotatable bonds is 7. The molecule has 1 aliphatic heterocycles. The molecular formula is C17H28IN3OS. The zero-order chi connectivity index (χ0) is 15.6. The minimum atomic E-state index is 0. The third-order valence-corrected chi connectivity index (χ3v) is 5.10. The van der Waals surface area contributed by atoms with E-state index < -0.39 is 0 Å². The molecule has 1 atom stereocenters. The van der Waals surface area contributed by atoms with Crippen LogP contribution in [0.2, 0.25) is 0 Å². The summed E-state index contributed by atoms with van der Waals surface area (Å²) in [6, 6.07) is 8.53. The Labute approximate surface area is 161 Å². The largest absolute Gasteiger partial charge is 0.377 e. The molecule has 1 heterocycles. The second-order valence-electron chi connectivity index (χ2n) is 5.40. The highest BCUT2D eigenvalue weighted by Crippen LogP contribution is 2.25. The number of halogens is 1. The van der Waals surface area contributed by atoms with E-state index >= 15 is 0 Å². The molecule has 1 fully saturated rings. The van der Waals surface area contributed by atoms with E-state index in [9.17, 15) is 0 Å². The Hall–Kier alpha value is -0.470. The maximum Gasteiger partial charge on any atom is 0.191 e. The van der Waals surface area contributed by atoms with Crippen molar-refractivity contribution in [3.05, 3.63) is 35.4 Å². The quantitative estimate of drug-likeness (QED) is 0.381. The average Bonchev–Trinajstić information content (AvgIpc) is 3.07. The molecule has 0 spiro atoms. The van der Waals surface area contributed by atoms with Gasteiger partial charge in [-0.25, -0.2) is 0 Å². The number of nitrogens with zero attached hydrogens (tertiary/aromatic N) is 1. The van der Waals surface area contributed by atoms with Gasteiger partial charge in [0.05, 0.1) is 6.61 Å². The number of aliphatic imine (C=N–C) groups is 1. The second kappa shape index (κ2) is 12.0. The van der Waals surface area contributed by atoms with Crippen molar-refractivity contribution in [3.8, 4) is 0 Å². The summed E-state index contributed by atoms with van der Waals surface area (Å²) in [6.45, 7) is 5.24. The number of guanidine groups is 1. The van der Waals surface area contributed by atoms with Gasteiger partial charge in [-0.05, 0) is 36.6 Å². The minimum absolute atomic E-state index is 0. The lowest BCUT2D eigenvalue weighted by molar-refractivity contribution is 0.134. The highest BCUT2D eigenvalue weighted by atomic mass is 127. The molecule has 1 aromatic rings. The van der Waals surface area contributed by atoms with Crippen LogP contribution in [0.1, 0.15) is 30.9 Å². The highest BCUT2D eigenvalue weighted by Gasteiger charge is 2.15. The van der Waals surface area contributed by atoms with Crippen molar-refractivity contribution < 1.29 is 4.74 Å². The summed E-state index contributed by atoms with van der Waals surface area (Å²) >= 11 is 2.06. The van der Waals surface area contributed by atoms with Gasteiger partial charge in [0.15, 0.2) is 5.96 Å². The van der Waals surface area contributed by atoms with Crippen LogP contribution in [0, 0.1) is 0 Å². The Morgan fingerprint density at radius 2 is 2.00 bits per heavy atom. The van der Waals surface area contributed by atoms with E-state index in [1.54, 1.807) is 0 Å². The van der Waals surface area contributed by atoms with E-state index in [0.29, 0.717) is 6.61 Å². The summed E-state index contributed by atoms with van der Waals surface area (Å²) in [5, 5.41) is 7.52. The minimum Gasteiger partial charge on any atom is -0.377 e. The van der Waals surface area contributed by atoms with Crippen LogP contribution in [0.5, 0.6) is 0 Å². The van der Waals surface area contributed by atoms with Gasteiger partial charge in [0.1, 0.15) is 0 Å². The lowest BCUT2D eigenvalue weighted by Gasteiger charge is -2.15. The Morgan fingerprint density at radius 3 is 2.61 bits per heavy atom. The first kappa shape index (κ1) is 20.6. The van der Waals surface area contributed by atoms with Gasteiger partial charge in [0.2, 0.25) is 0 Å². The van der Waals surface area contributed by atoms with E-state index in [0.717, 1.165) is 30.9 Å². The molecule has 2 rings (SSSR count). The van der Waals surface area contributed by atoms with Gasteiger partial charge in [0, 0.05) is 32.0 Å². The van der Waals surface area contributed by atoms with Gasteiger partial charge in [-0.1, -0.05) is 24.3 Å². The molecule has 0 saturated carbocycles. The Balaban J connectivity index is 0.00000264. The van der Waals surface area contributed by atoms with Crippen molar-refractivity contribution in [1.82, 2.24) is 10.6 Å². The fourth-order valence-electron chi connectivity index (χ4n) is 2.40. The molecule has 6 heteroatoms. The number of nitrogens with one attached hydrogen (secondary N) is 2. The number of hydrogen-bond acceptors (Lipinski definition) is 3. The van der Waals surface area contributed by atoms with Gasteiger partial charge in [-0.3, -0.25) is 4.99 Å². The maximum absolute atomic E-state index is 5.41. The zero-order valence-corrected chi connectivity index (χ0v) is 17.2. The summed E-state index contributed by atoms with van der Waals surface area (Å²) in [4.78, 5) is 4.29. The molecular weight excluding hydrogens is 421 g/mol. The Kier molecular flexibility index (Phi) is 10.7. The van der Waals surface area contributed by atoms with Crippen LogP contribution in [-0.2, 0) is 17.9 Å².